The summed E-state index contributed by atoms with van der Waals surface area (Å²) >= 11 is 1.33. The minimum absolute atomic E-state index is 0.0665. The molecule has 30 heavy (non-hydrogen) atoms. The zero-order valence-corrected chi connectivity index (χ0v) is 16.9. The summed E-state index contributed by atoms with van der Waals surface area (Å²) in [5.74, 6) is 0.107. The summed E-state index contributed by atoms with van der Waals surface area (Å²) in [7, 11) is 0. The molecule has 4 N–H and O–H groups in total. The van der Waals surface area contributed by atoms with Gasteiger partial charge in [-0.3, -0.25) is 25.4 Å². The van der Waals surface area contributed by atoms with E-state index in [0.717, 1.165) is 36.4 Å². The van der Waals surface area contributed by atoms with Crippen LogP contribution in [-0.2, 0) is 0 Å². The van der Waals surface area contributed by atoms with Crippen molar-refractivity contribution in [2.45, 2.75) is 18.9 Å². The van der Waals surface area contributed by atoms with E-state index in [1.807, 2.05) is 12.1 Å². The lowest BCUT2D eigenvalue weighted by atomic mass is 10.1. The van der Waals surface area contributed by atoms with E-state index in [1.165, 1.54) is 29.9 Å². The SMILES string of the molecule is O=C(Nc1cnccn1)Nc1sc(-c2ccncc2)cc1C(=O)N[C@H]1CCCNC1. The van der Waals surface area contributed by atoms with Crippen LogP contribution >= 0.6 is 11.3 Å². The molecule has 0 bridgehead atoms. The van der Waals surface area contributed by atoms with Gasteiger partial charge in [0.1, 0.15) is 5.00 Å². The zero-order chi connectivity index (χ0) is 20.8. The van der Waals surface area contributed by atoms with Crippen molar-refractivity contribution >= 4 is 34.1 Å². The lowest BCUT2D eigenvalue weighted by molar-refractivity contribution is 0.0932. The first-order valence-electron chi connectivity index (χ1n) is 9.59. The van der Waals surface area contributed by atoms with Crippen LogP contribution in [0.4, 0.5) is 15.6 Å². The number of urea groups is 1. The number of carbonyl (C=O) groups is 2. The Morgan fingerprint density at radius 1 is 1.10 bits per heavy atom. The molecule has 1 fully saturated rings. The average molecular weight is 424 g/mol. The maximum absolute atomic E-state index is 13.0. The van der Waals surface area contributed by atoms with Gasteiger partial charge in [0.05, 0.1) is 11.8 Å². The highest BCUT2D eigenvalue weighted by Gasteiger charge is 2.22. The summed E-state index contributed by atoms with van der Waals surface area (Å²) in [6, 6.07) is 5.09. The molecule has 0 radical (unpaired) electrons. The average Bonchev–Trinajstić information content (AvgIpc) is 3.19. The fraction of sp³-hybridized carbons (Fsp3) is 0.250. The molecule has 0 unspecified atom stereocenters. The number of piperidine rings is 1. The highest BCUT2D eigenvalue weighted by Crippen LogP contribution is 2.35. The molecular formula is C20H21N7O2S. The molecule has 1 aliphatic heterocycles. The second kappa shape index (κ2) is 9.42. The third kappa shape index (κ3) is 4.97. The Bertz CT molecular complexity index is 1000. The summed E-state index contributed by atoms with van der Waals surface area (Å²) in [5, 5.41) is 12.2. The summed E-state index contributed by atoms with van der Waals surface area (Å²) < 4.78 is 0. The number of nitrogens with zero attached hydrogens (tertiary/aromatic N) is 3. The molecule has 0 aliphatic carbocycles. The molecule has 1 aliphatic rings. The molecule has 9 nitrogen and oxygen atoms in total. The van der Waals surface area contributed by atoms with Gasteiger partial charge in [0.15, 0.2) is 5.82 Å². The Morgan fingerprint density at radius 3 is 2.70 bits per heavy atom. The number of pyridine rings is 1. The van der Waals surface area contributed by atoms with E-state index in [2.05, 4.69) is 36.2 Å². The highest BCUT2D eigenvalue weighted by molar-refractivity contribution is 7.20. The van der Waals surface area contributed by atoms with Crippen LogP contribution < -0.4 is 21.3 Å². The van der Waals surface area contributed by atoms with Crippen LogP contribution in [0.2, 0.25) is 0 Å². The zero-order valence-electron chi connectivity index (χ0n) is 16.1. The molecule has 1 atom stereocenters. The topological polar surface area (TPSA) is 121 Å². The third-order valence-corrected chi connectivity index (χ3v) is 5.71. The van der Waals surface area contributed by atoms with Crippen LogP contribution in [0.25, 0.3) is 10.4 Å². The number of thiophene rings is 1. The second-order valence-corrected chi connectivity index (χ2v) is 7.83. The molecule has 3 amide bonds. The summed E-state index contributed by atoms with van der Waals surface area (Å²) in [4.78, 5) is 38.3. The van der Waals surface area contributed by atoms with Crippen LogP contribution in [0.3, 0.4) is 0 Å². The second-order valence-electron chi connectivity index (χ2n) is 6.78. The first-order valence-corrected chi connectivity index (χ1v) is 10.4. The minimum Gasteiger partial charge on any atom is -0.348 e. The van der Waals surface area contributed by atoms with E-state index in [0.29, 0.717) is 16.4 Å². The van der Waals surface area contributed by atoms with Crippen molar-refractivity contribution in [2.75, 3.05) is 23.7 Å². The van der Waals surface area contributed by atoms with E-state index < -0.39 is 6.03 Å². The largest absolute Gasteiger partial charge is 0.348 e. The van der Waals surface area contributed by atoms with Crippen molar-refractivity contribution in [1.29, 1.82) is 0 Å². The molecule has 0 saturated carbocycles. The fourth-order valence-electron chi connectivity index (χ4n) is 3.16. The van der Waals surface area contributed by atoms with E-state index in [4.69, 9.17) is 0 Å². The highest BCUT2D eigenvalue weighted by atomic mass is 32.1. The van der Waals surface area contributed by atoms with Crippen molar-refractivity contribution in [2.24, 2.45) is 0 Å². The standard InChI is InChI=1S/C20H21N7O2S/c28-18(25-14-2-1-5-22-11-14)15-10-16(13-3-6-21-7-4-13)30-19(15)27-20(29)26-17-12-23-8-9-24-17/h3-4,6-10,12,14,22H,1-2,5,11H2,(H,25,28)(H2,24,26,27,29)/t14-/m0/s1. The molecule has 1 saturated heterocycles. The van der Waals surface area contributed by atoms with Crippen LogP contribution in [0.1, 0.15) is 23.2 Å². The Kier molecular flexibility index (Phi) is 6.26. The van der Waals surface area contributed by atoms with Crippen molar-refractivity contribution in [3.05, 3.63) is 54.7 Å². The number of hydrogen-bond donors (Lipinski definition) is 4. The van der Waals surface area contributed by atoms with Gasteiger partial charge >= 0.3 is 6.03 Å². The van der Waals surface area contributed by atoms with Gasteiger partial charge in [-0.15, -0.1) is 11.3 Å². The number of amides is 3. The predicted octanol–water partition coefficient (Wildman–Crippen LogP) is 2.73. The number of hydrogen-bond acceptors (Lipinski definition) is 7. The first kappa shape index (κ1) is 19.9. The quantitative estimate of drug-likeness (QED) is 0.501. The lowest BCUT2D eigenvalue weighted by Crippen LogP contribution is -2.45. The smallest absolute Gasteiger partial charge is 0.325 e. The molecule has 4 rings (SSSR count). The van der Waals surface area contributed by atoms with Gasteiger partial charge < -0.3 is 10.6 Å². The molecule has 10 heteroatoms. The van der Waals surface area contributed by atoms with Gasteiger partial charge in [-0.2, -0.15) is 0 Å². The number of aromatic nitrogens is 3. The maximum atomic E-state index is 13.0. The molecule has 0 aromatic carbocycles. The van der Waals surface area contributed by atoms with Crippen LogP contribution in [0.15, 0.2) is 49.2 Å². The van der Waals surface area contributed by atoms with Gasteiger partial charge in [-0.1, -0.05) is 0 Å². The number of carbonyl (C=O) groups excluding carboxylic acids is 2. The Labute approximate surface area is 177 Å². The first-order chi connectivity index (χ1) is 14.7. The molecule has 3 aromatic rings. The van der Waals surface area contributed by atoms with Gasteiger partial charge in [0.2, 0.25) is 0 Å². The van der Waals surface area contributed by atoms with E-state index in [9.17, 15) is 9.59 Å². The Hall–Kier alpha value is -3.37. The predicted molar refractivity (Wildman–Crippen MR) is 116 cm³/mol. The summed E-state index contributed by atoms with van der Waals surface area (Å²) in [5.41, 5.74) is 1.34. The monoisotopic (exact) mass is 423 g/mol. The Balaban J connectivity index is 1.56. The maximum Gasteiger partial charge on any atom is 0.325 e. The van der Waals surface area contributed by atoms with E-state index in [1.54, 1.807) is 18.5 Å². The van der Waals surface area contributed by atoms with Gasteiger partial charge in [0, 0.05) is 42.3 Å². The normalized spacial score (nSPS) is 15.9. The van der Waals surface area contributed by atoms with Crippen LogP contribution in [0.5, 0.6) is 0 Å². The third-order valence-electron chi connectivity index (χ3n) is 4.61. The van der Waals surface area contributed by atoms with Gasteiger partial charge in [0.25, 0.3) is 5.91 Å². The molecule has 154 valence electrons. The number of anilines is 2. The van der Waals surface area contributed by atoms with Crippen molar-refractivity contribution < 1.29 is 9.59 Å². The van der Waals surface area contributed by atoms with Crippen LogP contribution in [-0.4, -0.2) is 46.0 Å². The fourth-order valence-corrected chi connectivity index (χ4v) is 4.22. The molecule has 4 heterocycles. The van der Waals surface area contributed by atoms with Crippen molar-refractivity contribution in [3.8, 4) is 10.4 Å². The minimum atomic E-state index is -0.494. The van der Waals surface area contributed by atoms with Crippen molar-refractivity contribution in [3.63, 3.8) is 0 Å². The lowest BCUT2D eigenvalue weighted by Gasteiger charge is -2.23. The summed E-state index contributed by atoms with van der Waals surface area (Å²) in [6.07, 6.45) is 9.77. The van der Waals surface area contributed by atoms with Gasteiger partial charge in [-0.25, -0.2) is 9.78 Å². The summed E-state index contributed by atoms with van der Waals surface area (Å²) in [6.45, 7) is 1.70. The van der Waals surface area contributed by atoms with E-state index in [-0.39, 0.29) is 11.9 Å². The van der Waals surface area contributed by atoms with Gasteiger partial charge in [-0.05, 0) is 43.1 Å². The number of rotatable bonds is 5. The molecular weight excluding hydrogens is 402 g/mol. The molecule has 0 spiro atoms. The Morgan fingerprint density at radius 2 is 1.97 bits per heavy atom. The molecule has 3 aromatic heterocycles. The van der Waals surface area contributed by atoms with E-state index >= 15 is 0 Å². The van der Waals surface area contributed by atoms with Crippen molar-refractivity contribution in [1.82, 2.24) is 25.6 Å². The van der Waals surface area contributed by atoms with Crippen LogP contribution in [0, 0.1) is 0 Å². The number of nitrogens with one attached hydrogen (secondary N) is 4.